The minimum atomic E-state index is 0.151. The Balaban J connectivity index is 3.03. The smallest absolute Gasteiger partial charge is 0.163 e. The molecule has 0 amide bonds. The molecule has 1 aromatic rings. The van der Waals surface area contributed by atoms with E-state index in [2.05, 4.69) is 0 Å². The van der Waals surface area contributed by atoms with Crippen molar-refractivity contribution in [3.8, 4) is 11.5 Å². The molecular weight excluding hydrogens is 180 g/mol. The number of phenols is 1. The number of hydrogen-bond acceptors (Lipinski definition) is 3. The van der Waals surface area contributed by atoms with Gasteiger partial charge in [0.15, 0.2) is 11.5 Å². The number of benzene rings is 1. The zero-order valence-electron chi connectivity index (χ0n) is 8.58. The van der Waals surface area contributed by atoms with Gasteiger partial charge >= 0.3 is 0 Å². The van der Waals surface area contributed by atoms with Crippen LogP contribution in [0.1, 0.15) is 17.5 Å². The topological polar surface area (TPSA) is 49.7 Å². The Hall–Kier alpha value is -1.22. The molecule has 0 heterocycles. The minimum absolute atomic E-state index is 0.151. The van der Waals surface area contributed by atoms with Crippen LogP contribution >= 0.6 is 0 Å². The molecule has 0 saturated carbocycles. The fraction of sp³-hybridized carbons (Fsp3) is 0.455. The second-order valence-corrected chi connectivity index (χ2v) is 3.24. The van der Waals surface area contributed by atoms with Gasteiger partial charge in [0.1, 0.15) is 0 Å². The third kappa shape index (κ3) is 2.17. The van der Waals surface area contributed by atoms with Crippen molar-refractivity contribution in [3.05, 3.63) is 23.3 Å². The number of aromatic hydroxyl groups is 1. The molecule has 0 aliphatic rings. The van der Waals surface area contributed by atoms with Gasteiger partial charge in [0.2, 0.25) is 0 Å². The maximum atomic E-state index is 9.53. The molecule has 0 atom stereocenters. The summed E-state index contributed by atoms with van der Waals surface area (Å²) in [4.78, 5) is 0. The fourth-order valence-corrected chi connectivity index (χ4v) is 1.51. The monoisotopic (exact) mass is 196 g/mol. The molecule has 0 saturated heterocycles. The van der Waals surface area contributed by atoms with Gasteiger partial charge in [0, 0.05) is 12.2 Å². The van der Waals surface area contributed by atoms with Gasteiger partial charge in [-0.25, -0.2) is 0 Å². The minimum Gasteiger partial charge on any atom is -0.504 e. The van der Waals surface area contributed by atoms with Crippen molar-refractivity contribution in [2.45, 2.75) is 19.8 Å². The highest BCUT2D eigenvalue weighted by Gasteiger charge is 2.10. The SMILES string of the molecule is COc1c(O)ccc(C)c1CCCO. The van der Waals surface area contributed by atoms with Gasteiger partial charge in [-0.05, 0) is 31.4 Å². The maximum Gasteiger partial charge on any atom is 0.163 e. The lowest BCUT2D eigenvalue weighted by Crippen LogP contribution is -1.97. The second-order valence-electron chi connectivity index (χ2n) is 3.24. The maximum absolute atomic E-state index is 9.53. The molecule has 0 bridgehead atoms. The number of aryl methyl sites for hydroxylation is 1. The van der Waals surface area contributed by atoms with Crippen molar-refractivity contribution >= 4 is 0 Å². The van der Waals surface area contributed by atoms with Gasteiger partial charge in [0.25, 0.3) is 0 Å². The number of phenolic OH excluding ortho intramolecular Hbond substituents is 1. The van der Waals surface area contributed by atoms with Gasteiger partial charge in [-0.3, -0.25) is 0 Å². The molecule has 0 aromatic heterocycles. The zero-order valence-corrected chi connectivity index (χ0v) is 8.58. The van der Waals surface area contributed by atoms with Crippen LogP contribution in [-0.4, -0.2) is 23.9 Å². The van der Waals surface area contributed by atoms with E-state index in [1.54, 1.807) is 6.07 Å². The second kappa shape index (κ2) is 4.86. The molecule has 14 heavy (non-hydrogen) atoms. The molecule has 1 rings (SSSR count). The van der Waals surface area contributed by atoms with Gasteiger partial charge in [-0.2, -0.15) is 0 Å². The van der Waals surface area contributed by atoms with Crippen molar-refractivity contribution in [3.63, 3.8) is 0 Å². The van der Waals surface area contributed by atoms with Gasteiger partial charge in [-0.15, -0.1) is 0 Å². The van der Waals surface area contributed by atoms with Crippen LogP contribution in [0.3, 0.4) is 0 Å². The first-order chi connectivity index (χ1) is 6.70. The molecule has 2 N–H and O–H groups in total. The summed E-state index contributed by atoms with van der Waals surface area (Å²) in [6.45, 7) is 2.12. The Bertz CT molecular complexity index is 308. The van der Waals surface area contributed by atoms with E-state index in [9.17, 15) is 5.11 Å². The van der Waals surface area contributed by atoms with E-state index in [4.69, 9.17) is 9.84 Å². The molecule has 0 unspecified atom stereocenters. The summed E-state index contributed by atoms with van der Waals surface area (Å²) in [7, 11) is 1.54. The van der Waals surface area contributed by atoms with Crippen LogP contribution < -0.4 is 4.74 Å². The fourth-order valence-electron chi connectivity index (χ4n) is 1.51. The van der Waals surface area contributed by atoms with Crippen LogP contribution in [0, 0.1) is 6.92 Å². The third-order valence-electron chi connectivity index (χ3n) is 2.26. The predicted molar refractivity (Wildman–Crippen MR) is 54.8 cm³/mol. The van der Waals surface area contributed by atoms with Crippen LogP contribution in [0.15, 0.2) is 12.1 Å². The quantitative estimate of drug-likeness (QED) is 0.769. The predicted octanol–water partition coefficient (Wildman–Crippen LogP) is 1.63. The van der Waals surface area contributed by atoms with E-state index < -0.39 is 0 Å². The van der Waals surface area contributed by atoms with Crippen LogP contribution in [0.25, 0.3) is 0 Å². The van der Waals surface area contributed by atoms with Crippen LogP contribution in [0.4, 0.5) is 0 Å². The molecule has 78 valence electrons. The van der Waals surface area contributed by atoms with Crippen LogP contribution in [0.5, 0.6) is 11.5 Å². The lowest BCUT2D eigenvalue weighted by atomic mass is 10.0. The number of hydrogen-bond donors (Lipinski definition) is 2. The van der Waals surface area contributed by atoms with Crippen molar-refractivity contribution < 1.29 is 14.9 Å². The Morgan fingerprint density at radius 2 is 2.07 bits per heavy atom. The summed E-state index contributed by atoms with van der Waals surface area (Å²) in [5.41, 5.74) is 2.05. The molecule has 0 fully saturated rings. The van der Waals surface area contributed by atoms with E-state index in [0.717, 1.165) is 17.5 Å². The van der Waals surface area contributed by atoms with E-state index in [-0.39, 0.29) is 12.4 Å². The zero-order chi connectivity index (χ0) is 10.6. The van der Waals surface area contributed by atoms with Crippen LogP contribution in [-0.2, 0) is 6.42 Å². The van der Waals surface area contributed by atoms with Crippen molar-refractivity contribution in [1.29, 1.82) is 0 Å². The summed E-state index contributed by atoms with van der Waals surface area (Å²) in [6.07, 6.45) is 1.40. The average Bonchev–Trinajstić information content (AvgIpc) is 2.19. The number of aliphatic hydroxyl groups is 1. The molecule has 0 radical (unpaired) electrons. The lowest BCUT2D eigenvalue weighted by Gasteiger charge is -2.12. The highest BCUT2D eigenvalue weighted by Crippen LogP contribution is 2.32. The molecule has 0 spiro atoms. The van der Waals surface area contributed by atoms with E-state index in [1.807, 2.05) is 13.0 Å². The van der Waals surface area contributed by atoms with Gasteiger partial charge < -0.3 is 14.9 Å². The van der Waals surface area contributed by atoms with Crippen molar-refractivity contribution in [2.75, 3.05) is 13.7 Å². The van der Waals surface area contributed by atoms with E-state index in [1.165, 1.54) is 7.11 Å². The number of rotatable bonds is 4. The van der Waals surface area contributed by atoms with E-state index >= 15 is 0 Å². The Morgan fingerprint density at radius 1 is 1.36 bits per heavy atom. The summed E-state index contributed by atoms with van der Waals surface area (Å²) in [6, 6.07) is 3.47. The molecule has 3 heteroatoms. The summed E-state index contributed by atoms with van der Waals surface area (Å²) >= 11 is 0. The molecule has 1 aromatic carbocycles. The molecule has 3 nitrogen and oxygen atoms in total. The number of ether oxygens (including phenoxy) is 1. The van der Waals surface area contributed by atoms with Crippen molar-refractivity contribution in [2.24, 2.45) is 0 Å². The lowest BCUT2D eigenvalue weighted by molar-refractivity contribution is 0.287. The highest BCUT2D eigenvalue weighted by molar-refractivity contribution is 5.49. The van der Waals surface area contributed by atoms with E-state index in [0.29, 0.717) is 12.2 Å². The number of methoxy groups -OCH3 is 1. The molecular formula is C11H16O3. The Morgan fingerprint density at radius 3 is 2.64 bits per heavy atom. The third-order valence-corrected chi connectivity index (χ3v) is 2.26. The summed E-state index contributed by atoms with van der Waals surface area (Å²) < 4.78 is 5.12. The average molecular weight is 196 g/mol. The normalized spacial score (nSPS) is 10.2. The number of aliphatic hydroxyl groups excluding tert-OH is 1. The Kier molecular flexibility index (Phi) is 3.77. The highest BCUT2D eigenvalue weighted by atomic mass is 16.5. The molecule has 0 aliphatic heterocycles. The van der Waals surface area contributed by atoms with Crippen molar-refractivity contribution in [1.82, 2.24) is 0 Å². The Labute approximate surface area is 84.0 Å². The van der Waals surface area contributed by atoms with Gasteiger partial charge in [0.05, 0.1) is 7.11 Å². The first-order valence-electron chi connectivity index (χ1n) is 4.67. The van der Waals surface area contributed by atoms with Gasteiger partial charge in [-0.1, -0.05) is 6.07 Å². The first kappa shape index (κ1) is 10.9. The summed E-state index contributed by atoms with van der Waals surface area (Å²) in [5, 5.41) is 18.3. The van der Waals surface area contributed by atoms with Crippen LogP contribution in [0.2, 0.25) is 0 Å². The molecule has 0 aliphatic carbocycles. The standard InChI is InChI=1S/C11H16O3/c1-8-5-6-10(13)11(14-2)9(8)4-3-7-12/h5-6,12-13H,3-4,7H2,1-2H3. The largest absolute Gasteiger partial charge is 0.504 e. The first-order valence-corrected chi connectivity index (χ1v) is 4.67. The summed E-state index contributed by atoms with van der Waals surface area (Å²) in [5.74, 6) is 0.685.